The fraction of sp³-hybridized carbons (Fsp3) is 0.533. The molecule has 0 spiro atoms. The van der Waals surface area contributed by atoms with Crippen LogP contribution in [-0.4, -0.2) is 18.5 Å². The van der Waals surface area contributed by atoms with E-state index >= 15 is 0 Å². The minimum atomic E-state index is -0.221. The molecule has 0 amide bonds. The Bertz CT molecular complexity index is 384. The lowest BCUT2D eigenvalue weighted by atomic mass is 9.91. The van der Waals surface area contributed by atoms with Crippen LogP contribution in [0.1, 0.15) is 31.4 Å². The normalized spacial score (nSPS) is 11.5. The van der Waals surface area contributed by atoms with Crippen LogP contribution in [0.15, 0.2) is 24.3 Å². The lowest BCUT2D eigenvalue weighted by Gasteiger charge is -2.21. The molecule has 0 N–H and O–H groups in total. The summed E-state index contributed by atoms with van der Waals surface area (Å²) < 4.78 is 0. The molecule has 0 aliphatic rings. The Morgan fingerprint density at radius 3 is 2.35 bits per heavy atom. The molecule has 92 valence electrons. The molecule has 0 bridgehead atoms. The van der Waals surface area contributed by atoms with Gasteiger partial charge in [-0.15, -0.1) is 0 Å². The smallest absolute Gasteiger partial charge is 0.0684 e. The quantitative estimate of drug-likeness (QED) is 0.775. The maximum atomic E-state index is 8.96. The number of benzene rings is 1. The summed E-state index contributed by atoms with van der Waals surface area (Å²) in [5, 5.41) is 8.96. The van der Waals surface area contributed by atoms with Gasteiger partial charge >= 0.3 is 0 Å². The minimum absolute atomic E-state index is 0.221. The Balaban J connectivity index is 2.43. The summed E-state index contributed by atoms with van der Waals surface area (Å²) in [6.45, 7) is 7.98. The van der Waals surface area contributed by atoms with Crippen LogP contribution < -0.4 is 0 Å². The summed E-state index contributed by atoms with van der Waals surface area (Å²) in [5.41, 5.74) is 2.40. The Morgan fingerprint density at radius 1 is 1.24 bits per heavy atom. The van der Waals surface area contributed by atoms with E-state index in [1.807, 2.05) is 13.8 Å². The molecule has 0 unspecified atom stereocenters. The minimum Gasteiger partial charge on any atom is -0.302 e. The summed E-state index contributed by atoms with van der Waals surface area (Å²) in [7, 11) is 2.10. The molecule has 0 atom stereocenters. The number of nitriles is 1. The van der Waals surface area contributed by atoms with Crippen molar-refractivity contribution in [3.8, 4) is 6.07 Å². The van der Waals surface area contributed by atoms with Crippen molar-refractivity contribution in [2.24, 2.45) is 5.41 Å². The van der Waals surface area contributed by atoms with Crippen LogP contribution in [0, 0.1) is 23.7 Å². The molecule has 17 heavy (non-hydrogen) atoms. The van der Waals surface area contributed by atoms with Gasteiger partial charge < -0.3 is 4.90 Å². The van der Waals surface area contributed by atoms with Gasteiger partial charge in [-0.25, -0.2) is 0 Å². The Hall–Kier alpha value is -1.33. The van der Waals surface area contributed by atoms with Crippen molar-refractivity contribution >= 4 is 0 Å². The molecule has 0 saturated heterocycles. The molecule has 1 aromatic carbocycles. The molecule has 2 nitrogen and oxygen atoms in total. The standard InChI is InChI=1S/C15H22N2/c1-13-5-7-14(8-6-13)11-17(4)10-9-15(2,3)12-16/h5-8H,9-11H2,1-4H3. The van der Waals surface area contributed by atoms with Gasteiger partial charge in [-0.05, 0) is 46.3 Å². The first kappa shape index (κ1) is 13.7. The topological polar surface area (TPSA) is 27.0 Å². The van der Waals surface area contributed by atoms with Crippen LogP contribution in [-0.2, 0) is 6.54 Å². The Morgan fingerprint density at radius 2 is 1.82 bits per heavy atom. The highest BCUT2D eigenvalue weighted by molar-refractivity contribution is 5.21. The number of nitrogens with zero attached hydrogens (tertiary/aromatic N) is 2. The second-order valence-electron chi connectivity index (χ2n) is 5.47. The van der Waals surface area contributed by atoms with Crippen molar-refractivity contribution in [3.05, 3.63) is 35.4 Å². The highest BCUT2D eigenvalue weighted by Gasteiger charge is 2.16. The van der Waals surface area contributed by atoms with Gasteiger partial charge in [0.15, 0.2) is 0 Å². The van der Waals surface area contributed by atoms with Gasteiger partial charge in [0.1, 0.15) is 0 Å². The molecule has 1 aromatic rings. The summed E-state index contributed by atoms with van der Waals surface area (Å²) in [4.78, 5) is 2.27. The average molecular weight is 230 g/mol. The fourth-order valence-electron chi connectivity index (χ4n) is 1.61. The molecular formula is C15H22N2. The molecule has 0 aliphatic heterocycles. The summed E-state index contributed by atoms with van der Waals surface area (Å²) in [6, 6.07) is 11.0. The van der Waals surface area contributed by atoms with Gasteiger partial charge in [0.05, 0.1) is 11.5 Å². The zero-order valence-corrected chi connectivity index (χ0v) is 11.3. The highest BCUT2D eigenvalue weighted by atomic mass is 15.1. The summed E-state index contributed by atoms with van der Waals surface area (Å²) >= 11 is 0. The van der Waals surface area contributed by atoms with E-state index in [1.165, 1.54) is 11.1 Å². The molecule has 0 radical (unpaired) electrons. The number of hydrogen-bond donors (Lipinski definition) is 0. The molecule has 0 fully saturated rings. The van der Waals surface area contributed by atoms with Crippen molar-refractivity contribution in [1.82, 2.24) is 4.90 Å². The van der Waals surface area contributed by atoms with Gasteiger partial charge in [-0.2, -0.15) is 5.26 Å². The van der Waals surface area contributed by atoms with Gasteiger partial charge in [-0.3, -0.25) is 0 Å². The molecule has 1 rings (SSSR count). The monoisotopic (exact) mass is 230 g/mol. The van der Waals surface area contributed by atoms with E-state index in [1.54, 1.807) is 0 Å². The van der Waals surface area contributed by atoms with Crippen LogP contribution in [0.4, 0.5) is 0 Å². The maximum Gasteiger partial charge on any atom is 0.0684 e. The Kier molecular flexibility index (Phi) is 4.72. The van der Waals surface area contributed by atoms with E-state index < -0.39 is 0 Å². The van der Waals surface area contributed by atoms with Gasteiger partial charge in [0, 0.05) is 6.54 Å². The van der Waals surface area contributed by atoms with E-state index in [2.05, 4.69) is 49.2 Å². The molecule has 2 heteroatoms. The summed E-state index contributed by atoms with van der Waals surface area (Å²) in [6.07, 6.45) is 0.909. The van der Waals surface area contributed by atoms with E-state index in [4.69, 9.17) is 5.26 Å². The molecule has 0 aliphatic carbocycles. The number of rotatable bonds is 5. The van der Waals surface area contributed by atoms with Crippen molar-refractivity contribution in [3.63, 3.8) is 0 Å². The Labute approximate surface area is 105 Å². The van der Waals surface area contributed by atoms with Gasteiger partial charge in [0.25, 0.3) is 0 Å². The second-order valence-corrected chi connectivity index (χ2v) is 5.47. The van der Waals surface area contributed by atoms with E-state index in [0.29, 0.717) is 0 Å². The van der Waals surface area contributed by atoms with Crippen LogP contribution in [0.25, 0.3) is 0 Å². The predicted octanol–water partition coefficient (Wildman–Crippen LogP) is 3.37. The SMILES string of the molecule is Cc1ccc(CN(C)CCC(C)(C)C#N)cc1. The lowest BCUT2D eigenvalue weighted by molar-refractivity contribution is 0.280. The van der Waals surface area contributed by atoms with E-state index in [9.17, 15) is 0 Å². The van der Waals surface area contributed by atoms with E-state index in [-0.39, 0.29) is 5.41 Å². The summed E-state index contributed by atoms with van der Waals surface area (Å²) in [5.74, 6) is 0. The van der Waals surface area contributed by atoms with Crippen LogP contribution >= 0.6 is 0 Å². The number of hydrogen-bond acceptors (Lipinski definition) is 2. The molecule has 0 saturated carbocycles. The third-order valence-corrected chi connectivity index (χ3v) is 2.99. The third-order valence-electron chi connectivity index (χ3n) is 2.99. The molecule has 0 heterocycles. The average Bonchev–Trinajstić information content (AvgIpc) is 2.30. The first-order valence-corrected chi connectivity index (χ1v) is 6.08. The van der Waals surface area contributed by atoms with Crippen LogP contribution in [0.3, 0.4) is 0 Å². The zero-order valence-electron chi connectivity index (χ0n) is 11.3. The first-order chi connectivity index (χ1) is 7.93. The fourth-order valence-corrected chi connectivity index (χ4v) is 1.61. The maximum absolute atomic E-state index is 8.96. The van der Waals surface area contributed by atoms with Gasteiger partial charge in [0.2, 0.25) is 0 Å². The lowest BCUT2D eigenvalue weighted by Crippen LogP contribution is -2.23. The number of aryl methyl sites for hydroxylation is 1. The largest absolute Gasteiger partial charge is 0.302 e. The molecular weight excluding hydrogens is 208 g/mol. The van der Waals surface area contributed by atoms with Crippen LogP contribution in [0.2, 0.25) is 0 Å². The molecule has 0 aromatic heterocycles. The predicted molar refractivity (Wildman–Crippen MR) is 71.5 cm³/mol. The van der Waals surface area contributed by atoms with E-state index in [0.717, 1.165) is 19.5 Å². The van der Waals surface area contributed by atoms with Gasteiger partial charge in [-0.1, -0.05) is 29.8 Å². The third kappa shape index (κ3) is 5.01. The van der Waals surface area contributed by atoms with Crippen molar-refractivity contribution in [1.29, 1.82) is 5.26 Å². The second kappa shape index (κ2) is 5.84. The van der Waals surface area contributed by atoms with Crippen molar-refractivity contribution < 1.29 is 0 Å². The zero-order chi connectivity index (χ0) is 12.9. The van der Waals surface area contributed by atoms with Crippen molar-refractivity contribution in [2.45, 2.75) is 33.7 Å². The van der Waals surface area contributed by atoms with Crippen LogP contribution in [0.5, 0.6) is 0 Å². The highest BCUT2D eigenvalue weighted by Crippen LogP contribution is 2.19. The first-order valence-electron chi connectivity index (χ1n) is 6.08. The van der Waals surface area contributed by atoms with Crippen molar-refractivity contribution in [2.75, 3.05) is 13.6 Å².